The number of hydrogen-bond donors (Lipinski definition) is 3. The molecular weight excluding hydrogens is 304 g/mol. The van der Waals surface area contributed by atoms with Crippen molar-refractivity contribution in [3.63, 3.8) is 0 Å². The van der Waals surface area contributed by atoms with Crippen molar-refractivity contribution >= 4 is 5.91 Å². The number of aromatic amines is 2. The smallest absolute Gasteiger partial charge is 0.271 e. The Kier molecular flexibility index (Phi) is 4.34. The number of nitrogens with one attached hydrogen (secondary N) is 3. The van der Waals surface area contributed by atoms with E-state index in [2.05, 4.69) is 30.4 Å². The van der Waals surface area contributed by atoms with E-state index in [1.54, 1.807) is 6.20 Å². The zero-order valence-electron chi connectivity index (χ0n) is 13.8. The lowest BCUT2D eigenvalue weighted by Crippen LogP contribution is -2.40. The van der Waals surface area contributed by atoms with Gasteiger partial charge in [0.1, 0.15) is 11.5 Å². The first-order valence-electron chi connectivity index (χ1n) is 8.82. The Morgan fingerprint density at radius 2 is 2.29 bits per heavy atom. The molecule has 4 rings (SSSR count). The van der Waals surface area contributed by atoms with Crippen LogP contribution in [0.4, 0.5) is 0 Å². The SMILES string of the molecule is O=C(NCC1CCCN(Cc2ncc[nH]2)C1)c1cc(C2CC2)[nH]n1. The van der Waals surface area contributed by atoms with Crippen molar-refractivity contribution in [3.8, 4) is 0 Å². The standard InChI is InChI=1S/C17H24N6O/c24-17(15-8-14(21-22-15)13-3-4-13)20-9-12-2-1-7-23(10-12)11-16-18-5-6-19-16/h5-6,8,12-13H,1-4,7,9-11H2,(H,18,19)(H,20,24)(H,21,22). The van der Waals surface area contributed by atoms with Crippen molar-refractivity contribution in [2.24, 2.45) is 5.92 Å². The van der Waals surface area contributed by atoms with E-state index in [0.29, 0.717) is 24.1 Å². The van der Waals surface area contributed by atoms with Gasteiger partial charge in [-0.1, -0.05) is 0 Å². The molecule has 1 atom stereocenters. The first-order valence-corrected chi connectivity index (χ1v) is 8.82. The van der Waals surface area contributed by atoms with Crippen molar-refractivity contribution in [1.82, 2.24) is 30.4 Å². The van der Waals surface area contributed by atoms with Crippen LogP contribution >= 0.6 is 0 Å². The largest absolute Gasteiger partial charge is 0.350 e. The molecule has 128 valence electrons. The summed E-state index contributed by atoms with van der Waals surface area (Å²) in [7, 11) is 0. The Balaban J connectivity index is 1.26. The average Bonchev–Trinajstić information content (AvgIpc) is 3.10. The van der Waals surface area contributed by atoms with Crippen molar-refractivity contribution < 1.29 is 4.79 Å². The Morgan fingerprint density at radius 3 is 3.08 bits per heavy atom. The summed E-state index contributed by atoms with van der Waals surface area (Å²) < 4.78 is 0. The summed E-state index contributed by atoms with van der Waals surface area (Å²) in [6.45, 7) is 3.64. The quantitative estimate of drug-likeness (QED) is 0.752. The summed E-state index contributed by atoms with van der Waals surface area (Å²) in [5, 5.41) is 10.2. The molecule has 2 aromatic rings. The lowest BCUT2D eigenvalue weighted by atomic mass is 9.98. The molecular formula is C17H24N6O. The van der Waals surface area contributed by atoms with Gasteiger partial charge in [0.25, 0.3) is 5.91 Å². The first kappa shape index (κ1) is 15.4. The van der Waals surface area contributed by atoms with Gasteiger partial charge in [0.2, 0.25) is 0 Å². The molecule has 0 aromatic carbocycles. The second kappa shape index (κ2) is 6.76. The molecule has 3 N–H and O–H groups in total. The van der Waals surface area contributed by atoms with Gasteiger partial charge in [-0.25, -0.2) is 4.98 Å². The van der Waals surface area contributed by atoms with Crippen molar-refractivity contribution in [3.05, 3.63) is 35.7 Å². The van der Waals surface area contributed by atoms with E-state index in [0.717, 1.165) is 44.0 Å². The number of hydrogen-bond acceptors (Lipinski definition) is 4. The van der Waals surface area contributed by atoms with Crippen molar-refractivity contribution in [2.45, 2.75) is 38.1 Å². The van der Waals surface area contributed by atoms with Gasteiger partial charge in [0.15, 0.2) is 0 Å². The number of likely N-dealkylation sites (tertiary alicyclic amines) is 1. The maximum absolute atomic E-state index is 12.3. The summed E-state index contributed by atoms with van der Waals surface area (Å²) in [5.74, 6) is 2.01. The molecule has 0 radical (unpaired) electrons. The predicted octanol–water partition coefficient (Wildman–Crippen LogP) is 1.65. The van der Waals surface area contributed by atoms with Crippen LogP contribution in [0.2, 0.25) is 0 Å². The van der Waals surface area contributed by atoms with Gasteiger partial charge in [-0.05, 0) is 44.2 Å². The fourth-order valence-electron chi connectivity index (χ4n) is 3.44. The summed E-state index contributed by atoms with van der Waals surface area (Å²) in [6.07, 6.45) is 8.37. The predicted molar refractivity (Wildman–Crippen MR) is 89.5 cm³/mol. The van der Waals surface area contributed by atoms with Crippen molar-refractivity contribution in [2.75, 3.05) is 19.6 Å². The highest BCUT2D eigenvalue weighted by Gasteiger charge is 2.27. The zero-order valence-corrected chi connectivity index (χ0v) is 13.8. The van der Waals surface area contributed by atoms with E-state index in [1.807, 2.05) is 12.3 Å². The lowest BCUT2D eigenvalue weighted by Gasteiger charge is -2.32. The summed E-state index contributed by atoms with van der Waals surface area (Å²) in [4.78, 5) is 22.1. The van der Waals surface area contributed by atoms with Crippen LogP contribution in [-0.2, 0) is 6.54 Å². The van der Waals surface area contributed by atoms with Gasteiger partial charge in [0, 0.05) is 37.1 Å². The monoisotopic (exact) mass is 328 g/mol. The average molecular weight is 328 g/mol. The molecule has 1 saturated heterocycles. The number of amides is 1. The van der Waals surface area contributed by atoms with E-state index in [4.69, 9.17) is 0 Å². The number of aromatic nitrogens is 4. The molecule has 1 unspecified atom stereocenters. The maximum Gasteiger partial charge on any atom is 0.271 e. The molecule has 1 aliphatic heterocycles. The van der Waals surface area contributed by atoms with Gasteiger partial charge in [-0.15, -0.1) is 0 Å². The van der Waals surface area contributed by atoms with Gasteiger partial charge in [-0.2, -0.15) is 5.10 Å². The van der Waals surface area contributed by atoms with E-state index < -0.39 is 0 Å². The minimum atomic E-state index is -0.0682. The second-order valence-electron chi connectivity index (χ2n) is 6.97. The van der Waals surface area contributed by atoms with Crippen LogP contribution in [0.15, 0.2) is 18.5 Å². The van der Waals surface area contributed by atoms with E-state index in [-0.39, 0.29) is 5.91 Å². The highest BCUT2D eigenvalue weighted by molar-refractivity contribution is 5.92. The third-order valence-electron chi connectivity index (χ3n) is 4.93. The van der Waals surface area contributed by atoms with Crippen LogP contribution in [0, 0.1) is 5.92 Å². The number of piperidine rings is 1. The summed E-state index contributed by atoms with van der Waals surface area (Å²) in [6, 6.07) is 1.90. The molecule has 0 bridgehead atoms. The number of carbonyl (C=O) groups is 1. The molecule has 3 heterocycles. The maximum atomic E-state index is 12.3. The molecule has 2 aromatic heterocycles. The molecule has 0 spiro atoms. The number of rotatable bonds is 6. The molecule has 7 heteroatoms. The Morgan fingerprint density at radius 1 is 1.38 bits per heavy atom. The highest BCUT2D eigenvalue weighted by atomic mass is 16.1. The van der Waals surface area contributed by atoms with Gasteiger partial charge >= 0.3 is 0 Å². The topological polar surface area (TPSA) is 89.7 Å². The van der Waals surface area contributed by atoms with Crippen LogP contribution in [0.3, 0.4) is 0 Å². The van der Waals surface area contributed by atoms with Crippen molar-refractivity contribution in [1.29, 1.82) is 0 Å². The Labute approximate surface area is 141 Å². The zero-order chi connectivity index (χ0) is 16.4. The number of imidazole rings is 1. The third kappa shape index (κ3) is 3.67. The number of carbonyl (C=O) groups excluding carboxylic acids is 1. The molecule has 7 nitrogen and oxygen atoms in total. The molecule has 1 aliphatic carbocycles. The van der Waals surface area contributed by atoms with Crippen LogP contribution in [0.1, 0.15) is 53.6 Å². The molecule has 2 fully saturated rings. The molecule has 24 heavy (non-hydrogen) atoms. The second-order valence-corrected chi connectivity index (χ2v) is 6.97. The summed E-state index contributed by atoms with van der Waals surface area (Å²) >= 11 is 0. The number of nitrogens with zero attached hydrogens (tertiary/aromatic N) is 3. The van der Waals surface area contributed by atoms with Gasteiger partial charge in [0.05, 0.1) is 6.54 Å². The lowest BCUT2D eigenvalue weighted by molar-refractivity contribution is 0.0925. The normalized spacial score (nSPS) is 21.8. The minimum absolute atomic E-state index is 0.0682. The minimum Gasteiger partial charge on any atom is -0.350 e. The molecule has 1 saturated carbocycles. The summed E-state index contributed by atoms with van der Waals surface area (Å²) in [5.41, 5.74) is 1.61. The van der Waals surface area contributed by atoms with Crippen LogP contribution < -0.4 is 5.32 Å². The van der Waals surface area contributed by atoms with Gasteiger partial charge < -0.3 is 10.3 Å². The van der Waals surface area contributed by atoms with Crippen LogP contribution in [0.5, 0.6) is 0 Å². The van der Waals surface area contributed by atoms with E-state index in [9.17, 15) is 4.79 Å². The Hall–Kier alpha value is -2.15. The third-order valence-corrected chi connectivity index (χ3v) is 4.93. The Bertz CT molecular complexity index is 675. The fourth-order valence-corrected chi connectivity index (χ4v) is 3.44. The highest BCUT2D eigenvalue weighted by Crippen LogP contribution is 2.38. The first-order chi connectivity index (χ1) is 11.8. The van der Waals surface area contributed by atoms with Crippen LogP contribution in [0.25, 0.3) is 0 Å². The fraction of sp³-hybridized carbons (Fsp3) is 0.588. The van der Waals surface area contributed by atoms with Crippen LogP contribution in [-0.4, -0.2) is 50.6 Å². The molecule has 2 aliphatic rings. The molecule has 1 amide bonds. The van der Waals surface area contributed by atoms with Gasteiger partial charge in [-0.3, -0.25) is 14.8 Å². The van der Waals surface area contributed by atoms with E-state index in [1.165, 1.54) is 12.8 Å². The van der Waals surface area contributed by atoms with E-state index >= 15 is 0 Å². The number of H-pyrrole nitrogens is 2.